The Morgan fingerprint density at radius 1 is 1.31 bits per heavy atom. The molecule has 1 fully saturated rings. The van der Waals surface area contributed by atoms with Crippen LogP contribution in [0.2, 0.25) is 0 Å². The summed E-state index contributed by atoms with van der Waals surface area (Å²) < 4.78 is 15.5. The summed E-state index contributed by atoms with van der Waals surface area (Å²) in [6.07, 6.45) is -0.648. The monoisotopic (exact) mass is 366 g/mol. The number of carbonyl (C=O) groups excluding carboxylic acids is 2. The minimum Gasteiger partial charge on any atom is -0.491 e. The zero-order valence-corrected chi connectivity index (χ0v) is 14.8. The third-order valence-electron chi connectivity index (χ3n) is 3.81. The number of benzene rings is 1. The number of ether oxygens (including phenoxy) is 3. The van der Waals surface area contributed by atoms with Gasteiger partial charge in [0.1, 0.15) is 24.5 Å². The van der Waals surface area contributed by atoms with Crippen LogP contribution >= 0.6 is 0 Å². The van der Waals surface area contributed by atoms with Crippen LogP contribution < -0.4 is 10.1 Å². The molecule has 0 spiro atoms. The molecule has 0 unspecified atom stereocenters. The maximum atomic E-state index is 12.2. The Morgan fingerprint density at radius 3 is 2.50 bits per heavy atom. The fourth-order valence-electron chi connectivity index (χ4n) is 2.42. The summed E-state index contributed by atoms with van der Waals surface area (Å²) in [7, 11) is 1.27. The highest BCUT2D eigenvalue weighted by atomic mass is 16.6. The molecule has 142 valence electrons. The molecule has 1 heterocycles. The van der Waals surface area contributed by atoms with Gasteiger partial charge in [0, 0.05) is 12.1 Å². The summed E-state index contributed by atoms with van der Waals surface area (Å²) in [4.78, 5) is 34.0. The second-order valence-electron chi connectivity index (χ2n) is 6.37. The highest BCUT2D eigenvalue weighted by Gasteiger charge is 2.46. The quantitative estimate of drug-likeness (QED) is 0.304. The van der Waals surface area contributed by atoms with E-state index < -0.39 is 35.0 Å². The fraction of sp³-hybridized carbons (Fsp3) is 0.529. The van der Waals surface area contributed by atoms with Gasteiger partial charge in [-0.25, -0.2) is 4.79 Å². The molecule has 9 heteroatoms. The Bertz CT molecular complexity index is 660. The number of esters is 1. The van der Waals surface area contributed by atoms with Crippen LogP contribution in [0.4, 0.5) is 5.69 Å². The number of nitrogens with one attached hydrogen (secondary N) is 1. The number of nitro groups is 1. The van der Waals surface area contributed by atoms with Crippen LogP contribution in [0.15, 0.2) is 24.3 Å². The molecule has 0 aliphatic carbocycles. The van der Waals surface area contributed by atoms with Crippen molar-refractivity contribution in [2.45, 2.75) is 38.5 Å². The van der Waals surface area contributed by atoms with E-state index in [1.54, 1.807) is 0 Å². The zero-order chi connectivity index (χ0) is 19.3. The fourth-order valence-corrected chi connectivity index (χ4v) is 2.42. The van der Waals surface area contributed by atoms with Gasteiger partial charge in [-0.3, -0.25) is 14.9 Å². The van der Waals surface area contributed by atoms with E-state index in [2.05, 4.69) is 5.32 Å². The lowest BCUT2D eigenvalue weighted by molar-refractivity contribution is -0.384. The lowest BCUT2D eigenvalue weighted by Crippen LogP contribution is -2.44. The second-order valence-corrected chi connectivity index (χ2v) is 6.37. The number of nitrogens with zero attached hydrogens (tertiary/aromatic N) is 1. The Balaban J connectivity index is 1.80. The van der Waals surface area contributed by atoms with Crippen LogP contribution in [0.25, 0.3) is 0 Å². The van der Waals surface area contributed by atoms with Gasteiger partial charge in [-0.05, 0) is 24.5 Å². The summed E-state index contributed by atoms with van der Waals surface area (Å²) in [5, 5.41) is 13.2. The van der Waals surface area contributed by atoms with Crippen molar-refractivity contribution in [1.82, 2.24) is 5.32 Å². The van der Waals surface area contributed by atoms with E-state index in [4.69, 9.17) is 14.2 Å². The first-order valence-electron chi connectivity index (χ1n) is 8.22. The number of hydrogen-bond acceptors (Lipinski definition) is 7. The molecule has 26 heavy (non-hydrogen) atoms. The van der Waals surface area contributed by atoms with Gasteiger partial charge in [-0.1, -0.05) is 13.8 Å². The molecular formula is C17H22N2O7. The number of rotatable bonds is 9. The molecule has 0 radical (unpaired) electrons. The predicted octanol–water partition coefficient (Wildman–Crippen LogP) is 1.44. The maximum absolute atomic E-state index is 12.2. The van der Waals surface area contributed by atoms with Crippen LogP contribution in [-0.4, -0.2) is 48.8 Å². The number of hydrogen-bond donors (Lipinski definition) is 1. The molecule has 0 saturated carbocycles. The number of epoxide rings is 1. The van der Waals surface area contributed by atoms with Gasteiger partial charge in [0.15, 0.2) is 6.10 Å². The largest absolute Gasteiger partial charge is 0.491 e. The first-order chi connectivity index (χ1) is 12.3. The molecule has 9 nitrogen and oxygen atoms in total. The van der Waals surface area contributed by atoms with Gasteiger partial charge in [0.2, 0.25) is 0 Å². The van der Waals surface area contributed by atoms with Crippen molar-refractivity contribution in [3.05, 3.63) is 34.4 Å². The average molecular weight is 366 g/mol. The van der Waals surface area contributed by atoms with Crippen LogP contribution in [0, 0.1) is 16.0 Å². The number of carbonyl (C=O) groups is 2. The van der Waals surface area contributed by atoms with Gasteiger partial charge < -0.3 is 19.5 Å². The third kappa shape index (κ3) is 5.41. The summed E-state index contributed by atoms with van der Waals surface area (Å²) >= 11 is 0. The molecule has 2 rings (SSSR count). The van der Waals surface area contributed by atoms with Crippen molar-refractivity contribution < 1.29 is 28.7 Å². The molecule has 1 amide bonds. The molecule has 1 aromatic rings. The first kappa shape index (κ1) is 19.6. The maximum Gasteiger partial charge on any atom is 0.328 e. The topological polar surface area (TPSA) is 120 Å². The van der Waals surface area contributed by atoms with E-state index >= 15 is 0 Å². The van der Waals surface area contributed by atoms with Crippen molar-refractivity contribution in [3.8, 4) is 5.75 Å². The molecule has 1 aliphatic rings. The minimum atomic E-state index is -0.715. The molecule has 1 aromatic carbocycles. The summed E-state index contributed by atoms with van der Waals surface area (Å²) in [6, 6.07) is 4.91. The zero-order valence-electron chi connectivity index (χ0n) is 14.8. The molecule has 3 atom stereocenters. The molecule has 0 bridgehead atoms. The number of methoxy groups -OCH3 is 1. The number of nitro benzene ring substituents is 1. The van der Waals surface area contributed by atoms with E-state index in [1.165, 1.54) is 31.4 Å². The second kappa shape index (κ2) is 8.61. The highest BCUT2D eigenvalue weighted by Crippen LogP contribution is 2.25. The van der Waals surface area contributed by atoms with Crippen molar-refractivity contribution in [3.63, 3.8) is 0 Å². The SMILES string of the molecule is COC(=O)[C@H](CC(C)C)NC(=O)[C@@H]1O[C@@H]1COc1ccc([N+](=O)[O-])cc1. The van der Waals surface area contributed by atoms with Crippen LogP contribution in [0.1, 0.15) is 20.3 Å². The molecule has 1 aliphatic heterocycles. The van der Waals surface area contributed by atoms with Gasteiger partial charge >= 0.3 is 5.97 Å². The molecule has 1 saturated heterocycles. The Labute approximate surface area is 150 Å². The smallest absolute Gasteiger partial charge is 0.328 e. The molecule has 1 N–H and O–H groups in total. The Hall–Kier alpha value is -2.68. The number of amides is 1. The predicted molar refractivity (Wildman–Crippen MR) is 90.7 cm³/mol. The lowest BCUT2D eigenvalue weighted by Gasteiger charge is -2.17. The van der Waals surface area contributed by atoms with Gasteiger partial charge in [-0.2, -0.15) is 0 Å². The molecular weight excluding hydrogens is 344 g/mol. The number of non-ortho nitro benzene ring substituents is 1. The van der Waals surface area contributed by atoms with Gasteiger partial charge in [0.05, 0.1) is 12.0 Å². The van der Waals surface area contributed by atoms with E-state index in [0.717, 1.165) is 0 Å². The van der Waals surface area contributed by atoms with Crippen molar-refractivity contribution in [2.24, 2.45) is 5.92 Å². The van der Waals surface area contributed by atoms with E-state index in [-0.39, 0.29) is 18.2 Å². The average Bonchev–Trinajstić information content (AvgIpc) is 3.38. The summed E-state index contributed by atoms with van der Waals surface area (Å²) in [5.74, 6) is -0.233. The van der Waals surface area contributed by atoms with Crippen molar-refractivity contribution >= 4 is 17.6 Å². The van der Waals surface area contributed by atoms with E-state index in [9.17, 15) is 19.7 Å². The third-order valence-corrected chi connectivity index (χ3v) is 3.81. The standard InChI is InChI=1S/C17H22N2O7/c1-10(2)8-13(17(21)24-3)18-16(20)15-14(26-15)9-25-12-6-4-11(5-7-12)19(22)23/h4-7,10,13-15H,8-9H2,1-3H3,(H,18,20)/t13-,14+,15+/m0/s1. The summed E-state index contributed by atoms with van der Waals surface area (Å²) in [6.45, 7) is 4.01. The van der Waals surface area contributed by atoms with Crippen molar-refractivity contribution in [1.29, 1.82) is 0 Å². The first-order valence-corrected chi connectivity index (χ1v) is 8.22. The lowest BCUT2D eigenvalue weighted by atomic mass is 10.0. The van der Waals surface area contributed by atoms with E-state index in [0.29, 0.717) is 12.2 Å². The van der Waals surface area contributed by atoms with Crippen LogP contribution in [-0.2, 0) is 19.1 Å². The van der Waals surface area contributed by atoms with Crippen LogP contribution in [0.5, 0.6) is 5.75 Å². The van der Waals surface area contributed by atoms with Crippen LogP contribution in [0.3, 0.4) is 0 Å². The highest BCUT2D eigenvalue weighted by molar-refractivity contribution is 5.88. The van der Waals surface area contributed by atoms with Crippen molar-refractivity contribution in [2.75, 3.05) is 13.7 Å². The Morgan fingerprint density at radius 2 is 1.96 bits per heavy atom. The van der Waals surface area contributed by atoms with Gasteiger partial charge in [0.25, 0.3) is 11.6 Å². The molecule has 0 aromatic heterocycles. The van der Waals surface area contributed by atoms with Gasteiger partial charge in [-0.15, -0.1) is 0 Å². The minimum absolute atomic E-state index is 0.0312. The normalized spacial score (nSPS) is 19.5. The summed E-state index contributed by atoms with van der Waals surface area (Å²) in [5.41, 5.74) is -0.0312. The Kier molecular flexibility index (Phi) is 6.51. The van der Waals surface area contributed by atoms with E-state index in [1.807, 2.05) is 13.8 Å².